The summed E-state index contributed by atoms with van der Waals surface area (Å²) in [6.45, 7) is 2.12. The van der Waals surface area contributed by atoms with Gasteiger partial charge >= 0.3 is 5.97 Å². The van der Waals surface area contributed by atoms with Gasteiger partial charge < -0.3 is 15.3 Å². The van der Waals surface area contributed by atoms with Gasteiger partial charge in [-0.3, -0.25) is 9.59 Å². The maximum absolute atomic E-state index is 12.0. The second-order valence-corrected chi connectivity index (χ2v) is 6.51. The van der Waals surface area contributed by atoms with E-state index in [1.807, 2.05) is 0 Å². The number of unbranched alkanes of at least 4 members (excludes halogenated alkanes) is 3. The third-order valence-corrected chi connectivity index (χ3v) is 4.56. The van der Waals surface area contributed by atoms with Crippen molar-refractivity contribution < 1.29 is 24.9 Å². The number of ketones is 1. The van der Waals surface area contributed by atoms with Crippen molar-refractivity contribution in [1.82, 2.24) is 0 Å². The molecule has 0 aromatic carbocycles. The number of carboxylic acid groups (broad SMARTS) is 1. The van der Waals surface area contributed by atoms with Crippen molar-refractivity contribution in [3.05, 3.63) is 12.2 Å². The van der Waals surface area contributed by atoms with E-state index in [0.717, 1.165) is 25.7 Å². The first-order valence-electron chi connectivity index (χ1n) is 8.74. The van der Waals surface area contributed by atoms with Gasteiger partial charge in [-0.2, -0.15) is 0 Å². The van der Waals surface area contributed by atoms with Gasteiger partial charge in [0.1, 0.15) is 5.78 Å². The summed E-state index contributed by atoms with van der Waals surface area (Å²) in [5.74, 6) is -1.11. The number of hydrogen-bond donors (Lipinski definition) is 3. The minimum absolute atomic E-state index is 0.0375. The molecule has 3 N–H and O–H groups in total. The number of aliphatic carboxylic acids is 1. The molecule has 132 valence electrons. The van der Waals surface area contributed by atoms with Crippen LogP contribution in [0.1, 0.15) is 64.7 Å². The highest BCUT2D eigenvalue weighted by Gasteiger charge is 2.39. The molecule has 0 aromatic rings. The number of aliphatic hydroxyl groups is 2. The van der Waals surface area contributed by atoms with E-state index >= 15 is 0 Å². The Bertz CT molecular complexity index is 404. The van der Waals surface area contributed by atoms with Gasteiger partial charge in [-0.15, -0.1) is 0 Å². The third kappa shape index (κ3) is 7.27. The highest BCUT2D eigenvalue weighted by molar-refractivity contribution is 5.85. The van der Waals surface area contributed by atoms with Crippen molar-refractivity contribution in [2.45, 2.75) is 76.9 Å². The van der Waals surface area contributed by atoms with Gasteiger partial charge in [0, 0.05) is 18.8 Å². The van der Waals surface area contributed by atoms with Crippen LogP contribution in [0.25, 0.3) is 0 Å². The molecule has 0 heterocycles. The predicted octanol–water partition coefficient (Wildman–Crippen LogP) is 2.69. The molecule has 0 saturated heterocycles. The molecule has 5 nitrogen and oxygen atoms in total. The number of Topliss-reactive ketones (excluding diaryl/α,β-unsaturated/α-hetero) is 1. The highest BCUT2D eigenvalue weighted by atomic mass is 16.4. The molecule has 1 saturated carbocycles. The first-order chi connectivity index (χ1) is 11.0. The van der Waals surface area contributed by atoms with E-state index in [4.69, 9.17) is 5.11 Å². The first kappa shape index (κ1) is 19.8. The summed E-state index contributed by atoms with van der Waals surface area (Å²) in [6, 6.07) is 0. The fraction of sp³-hybridized carbons (Fsp3) is 0.778. The molecule has 1 aliphatic carbocycles. The third-order valence-electron chi connectivity index (χ3n) is 4.56. The van der Waals surface area contributed by atoms with Crippen molar-refractivity contribution in [3.63, 3.8) is 0 Å². The van der Waals surface area contributed by atoms with E-state index in [1.165, 1.54) is 0 Å². The van der Waals surface area contributed by atoms with Crippen molar-refractivity contribution in [2.24, 2.45) is 11.8 Å². The van der Waals surface area contributed by atoms with Gasteiger partial charge in [-0.05, 0) is 31.6 Å². The summed E-state index contributed by atoms with van der Waals surface area (Å²) in [7, 11) is 0. The van der Waals surface area contributed by atoms with Gasteiger partial charge in [0.15, 0.2) is 0 Å². The van der Waals surface area contributed by atoms with Crippen molar-refractivity contribution >= 4 is 11.8 Å². The molecule has 0 radical (unpaired) electrons. The van der Waals surface area contributed by atoms with E-state index in [-0.39, 0.29) is 30.5 Å². The zero-order valence-corrected chi connectivity index (χ0v) is 14.0. The normalized spacial score (nSPS) is 26.0. The number of rotatable bonds is 11. The Kier molecular flexibility index (Phi) is 9.10. The molecule has 0 spiro atoms. The molecule has 1 fully saturated rings. The van der Waals surface area contributed by atoms with Crippen LogP contribution >= 0.6 is 0 Å². The average Bonchev–Trinajstić information content (AvgIpc) is 2.75. The Balaban J connectivity index is 2.44. The SMILES string of the molecule is CCCCC[C@@H]1[C@H](O)CC(=O)[C@@H]1/C=C/[C@H](O)CCCCC(=O)O. The monoisotopic (exact) mass is 326 g/mol. The Morgan fingerprint density at radius 2 is 2.04 bits per heavy atom. The number of carboxylic acids is 1. The number of carbonyl (C=O) groups excluding carboxylic acids is 1. The molecule has 0 amide bonds. The Hall–Kier alpha value is -1.20. The Morgan fingerprint density at radius 1 is 1.30 bits per heavy atom. The van der Waals surface area contributed by atoms with Crippen LogP contribution in [-0.2, 0) is 9.59 Å². The number of hydrogen-bond acceptors (Lipinski definition) is 4. The zero-order chi connectivity index (χ0) is 17.2. The molecule has 0 bridgehead atoms. The Labute approximate surface area is 138 Å². The summed E-state index contributed by atoms with van der Waals surface area (Å²) < 4.78 is 0. The summed E-state index contributed by atoms with van der Waals surface area (Å²) in [5, 5.41) is 28.5. The lowest BCUT2D eigenvalue weighted by Gasteiger charge is -2.18. The van der Waals surface area contributed by atoms with E-state index in [9.17, 15) is 19.8 Å². The van der Waals surface area contributed by atoms with E-state index in [0.29, 0.717) is 19.3 Å². The summed E-state index contributed by atoms with van der Waals surface area (Å²) in [4.78, 5) is 22.4. The first-order valence-corrected chi connectivity index (χ1v) is 8.74. The fourth-order valence-corrected chi connectivity index (χ4v) is 3.20. The highest BCUT2D eigenvalue weighted by Crippen LogP contribution is 2.34. The van der Waals surface area contributed by atoms with Crippen LogP contribution in [0.3, 0.4) is 0 Å². The van der Waals surface area contributed by atoms with Crippen molar-refractivity contribution in [2.75, 3.05) is 0 Å². The van der Waals surface area contributed by atoms with Crippen LogP contribution in [0, 0.1) is 11.8 Å². The molecule has 5 heteroatoms. The second kappa shape index (κ2) is 10.6. The molecule has 0 unspecified atom stereocenters. The maximum atomic E-state index is 12.0. The minimum Gasteiger partial charge on any atom is -0.481 e. The second-order valence-electron chi connectivity index (χ2n) is 6.51. The number of aliphatic hydroxyl groups excluding tert-OH is 2. The van der Waals surface area contributed by atoms with Gasteiger partial charge in [0.05, 0.1) is 12.2 Å². The summed E-state index contributed by atoms with van der Waals surface area (Å²) in [6.07, 6.45) is 8.19. The van der Waals surface area contributed by atoms with Gasteiger partial charge in [-0.1, -0.05) is 38.3 Å². The van der Waals surface area contributed by atoms with Gasteiger partial charge in [0.25, 0.3) is 0 Å². The largest absolute Gasteiger partial charge is 0.481 e. The molecule has 23 heavy (non-hydrogen) atoms. The lowest BCUT2D eigenvalue weighted by Crippen LogP contribution is -2.19. The van der Waals surface area contributed by atoms with Crippen molar-refractivity contribution in [1.29, 1.82) is 0 Å². The molecule has 1 rings (SSSR count). The zero-order valence-electron chi connectivity index (χ0n) is 14.0. The lowest BCUT2D eigenvalue weighted by atomic mass is 9.88. The molecule has 4 atom stereocenters. The quantitative estimate of drug-likeness (QED) is 0.401. The van der Waals surface area contributed by atoms with Crippen LogP contribution in [0.5, 0.6) is 0 Å². The molecule has 1 aliphatic rings. The van der Waals surface area contributed by atoms with Gasteiger partial charge in [-0.25, -0.2) is 0 Å². The fourth-order valence-electron chi connectivity index (χ4n) is 3.20. The average molecular weight is 326 g/mol. The van der Waals surface area contributed by atoms with Crippen LogP contribution in [-0.4, -0.2) is 39.3 Å². The van der Waals surface area contributed by atoms with Crippen LogP contribution in [0.4, 0.5) is 0 Å². The molecular weight excluding hydrogens is 296 g/mol. The van der Waals surface area contributed by atoms with E-state index in [2.05, 4.69) is 6.92 Å². The Morgan fingerprint density at radius 3 is 2.70 bits per heavy atom. The molecular formula is C18H30O5. The smallest absolute Gasteiger partial charge is 0.303 e. The number of carbonyl (C=O) groups is 2. The van der Waals surface area contributed by atoms with E-state index < -0.39 is 18.2 Å². The summed E-state index contributed by atoms with van der Waals surface area (Å²) in [5.41, 5.74) is 0. The van der Waals surface area contributed by atoms with Crippen LogP contribution in [0.15, 0.2) is 12.2 Å². The van der Waals surface area contributed by atoms with E-state index in [1.54, 1.807) is 12.2 Å². The molecule has 0 aliphatic heterocycles. The van der Waals surface area contributed by atoms with Crippen molar-refractivity contribution in [3.8, 4) is 0 Å². The van der Waals surface area contributed by atoms with Crippen LogP contribution < -0.4 is 0 Å². The summed E-state index contributed by atoms with van der Waals surface area (Å²) >= 11 is 0. The lowest BCUT2D eigenvalue weighted by molar-refractivity contribution is -0.137. The standard InChI is InChI=1S/C18H30O5/c1-2-3-4-8-14-15(17(21)12-16(14)20)11-10-13(19)7-5-6-9-18(22)23/h10-11,13-16,19-20H,2-9,12H2,1H3,(H,22,23)/b11-10+/t13-,14+,15-,16-/m1/s1. The maximum Gasteiger partial charge on any atom is 0.303 e. The number of allylic oxidation sites excluding steroid dienone is 1. The topological polar surface area (TPSA) is 94.8 Å². The molecule has 0 aromatic heterocycles. The predicted molar refractivity (Wildman–Crippen MR) is 88.0 cm³/mol. The van der Waals surface area contributed by atoms with Crippen LogP contribution in [0.2, 0.25) is 0 Å². The van der Waals surface area contributed by atoms with Gasteiger partial charge in [0.2, 0.25) is 0 Å². The minimum atomic E-state index is -0.824.